The Bertz CT molecular complexity index is 450. The highest BCUT2D eigenvalue weighted by molar-refractivity contribution is 6.18. The highest BCUT2D eigenvalue weighted by Gasteiger charge is 2.13. The van der Waals surface area contributed by atoms with E-state index in [1.807, 2.05) is 20.2 Å². The molecule has 0 aliphatic carbocycles. The fraction of sp³-hybridized carbons (Fsp3) is 0.364. The second-order valence-electron chi connectivity index (χ2n) is 3.81. The predicted octanol–water partition coefficient (Wildman–Crippen LogP) is 2.40. The molecule has 1 aromatic heterocycles. The lowest BCUT2D eigenvalue weighted by atomic mass is 10.1. The lowest BCUT2D eigenvalue weighted by molar-refractivity contribution is 0.325. The Balaban J connectivity index is 2.41. The minimum Gasteiger partial charge on any atom is -0.345 e. The second-order valence-corrected chi connectivity index (χ2v) is 4.12. The van der Waals surface area contributed by atoms with E-state index in [1.54, 1.807) is 6.33 Å². The molecule has 0 amide bonds. The molecule has 1 aromatic carbocycles. The summed E-state index contributed by atoms with van der Waals surface area (Å²) < 4.78 is 0. The molecule has 0 saturated heterocycles. The molecule has 0 fully saturated rings. The zero-order valence-corrected chi connectivity index (χ0v) is 9.62. The number of aromatic amines is 1. The van der Waals surface area contributed by atoms with Crippen molar-refractivity contribution in [1.82, 2.24) is 14.9 Å². The highest BCUT2D eigenvalue weighted by Crippen LogP contribution is 2.22. The van der Waals surface area contributed by atoms with Crippen LogP contribution >= 0.6 is 11.6 Å². The molecule has 0 saturated carbocycles. The van der Waals surface area contributed by atoms with Crippen LogP contribution in [0.4, 0.5) is 0 Å². The molecule has 2 rings (SSSR count). The number of hydrogen-bond acceptors (Lipinski definition) is 2. The number of aromatic nitrogens is 2. The maximum atomic E-state index is 5.95. The van der Waals surface area contributed by atoms with Gasteiger partial charge in [0.15, 0.2) is 0 Å². The monoisotopic (exact) mass is 223 g/mol. The van der Waals surface area contributed by atoms with Crippen LogP contribution in [0.2, 0.25) is 0 Å². The van der Waals surface area contributed by atoms with E-state index in [2.05, 4.69) is 27.0 Å². The molecular weight excluding hydrogens is 210 g/mol. The topological polar surface area (TPSA) is 31.9 Å². The van der Waals surface area contributed by atoms with E-state index in [1.165, 1.54) is 5.56 Å². The summed E-state index contributed by atoms with van der Waals surface area (Å²) in [6, 6.07) is 6.45. The molecule has 15 heavy (non-hydrogen) atoms. The molecule has 0 spiro atoms. The van der Waals surface area contributed by atoms with Crippen LogP contribution < -0.4 is 0 Å². The van der Waals surface area contributed by atoms with E-state index in [0.717, 1.165) is 11.0 Å². The van der Waals surface area contributed by atoms with E-state index in [4.69, 9.17) is 11.6 Å². The van der Waals surface area contributed by atoms with Crippen molar-refractivity contribution in [2.75, 3.05) is 20.0 Å². The fourth-order valence-corrected chi connectivity index (χ4v) is 2.14. The van der Waals surface area contributed by atoms with Crippen LogP contribution in [0.15, 0.2) is 24.5 Å². The average molecular weight is 224 g/mol. The summed E-state index contributed by atoms with van der Waals surface area (Å²) in [5.41, 5.74) is 3.27. The number of nitrogens with zero attached hydrogens (tertiary/aromatic N) is 2. The lowest BCUT2D eigenvalue weighted by Crippen LogP contribution is -2.21. The van der Waals surface area contributed by atoms with Gasteiger partial charge in [-0.3, -0.25) is 0 Å². The Labute approximate surface area is 94.1 Å². The molecule has 1 unspecified atom stereocenters. The first-order valence-electron chi connectivity index (χ1n) is 4.88. The summed E-state index contributed by atoms with van der Waals surface area (Å²) in [5.74, 6) is 0.590. The van der Waals surface area contributed by atoms with E-state index in [9.17, 15) is 0 Å². The van der Waals surface area contributed by atoms with Gasteiger partial charge in [0.2, 0.25) is 0 Å². The number of rotatable bonds is 3. The lowest BCUT2D eigenvalue weighted by Gasteiger charge is -2.22. The summed E-state index contributed by atoms with van der Waals surface area (Å²) in [5, 5.41) is 0. The number of nitrogens with one attached hydrogen (secondary N) is 1. The first-order chi connectivity index (χ1) is 7.22. The molecule has 3 nitrogen and oxygen atoms in total. The van der Waals surface area contributed by atoms with Gasteiger partial charge in [-0.15, -0.1) is 11.6 Å². The van der Waals surface area contributed by atoms with Crippen molar-refractivity contribution in [3.05, 3.63) is 30.1 Å². The summed E-state index contributed by atoms with van der Waals surface area (Å²) in [7, 11) is 4.06. The van der Waals surface area contributed by atoms with Crippen molar-refractivity contribution in [2.45, 2.75) is 6.04 Å². The first kappa shape index (κ1) is 10.5. The van der Waals surface area contributed by atoms with Gasteiger partial charge in [0, 0.05) is 11.9 Å². The van der Waals surface area contributed by atoms with Crippen molar-refractivity contribution in [2.24, 2.45) is 0 Å². The largest absolute Gasteiger partial charge is 0.345 e. The SMILES string of the molecule is CN(C)C(CCl)c1ccc2nc[nH]c2c1. The number of imidazole rings is 1. The normalized spacial score (nSPS) is 13.6. The van der Waals surface area contributed by atoms with E-state index < -0.39 is 0 Å². The van der Waals surface area contributed by atoms with Crippen LogP contribution in [0.1, 0.15) is 11.6 Å². The maximum absolute atomic E-state index is 5.95. The third-order valence-electron chi connectivity index (χ3n) is 2.60. The molecule has 2 aromatic rings. The maximum Gasteiger partial charge on any atom is 0.0931 e. The van der Waals surface area contributed by atoms with Gasteiger partial charge in [-0.05, 0) is 31.8 Å². The van der Waals surface area contributed by atoms with E-state index >= 15 is 0 Å². The van der Waals surface area contributed by atoms with Gasteiger partial charge in [0.25, 0.3) is 0 Å². The van der Waals surface area contributed by atoms with Crippen LogP contribution in [0.5, 0.6) is 0 Å². The Morgan fingerprint density at radius 3 is 2.93 bits per heavy atom. The molecule has 1 atom stereocenters. The van der Waals surface area contributed by atoms with Crippen molar-refractivity contribution >= 4 is 22.6 Å². The molecule has 0 bridgehead atoms. The highest BCUT2D eigenvalue weighted by atomic mass is 35.5. The molecule has 4 heteroatoms. The Morgan fingerprint density at radius 2 is 2.27 bits per heavy atom. The van der Waals surface area contributed by atoms with Crippen molar-refractivity contribution in [1.29, 1.82) is 0 Å². The minimum absolute atomic E-state index is 0.249. The van der Waals surface area contributed by atoms with Gasteiger partial charge in [0.1, 0.15) is 0 Å². The van der Waals surface area contributed by atoms with Crippen molar-refractivity contribution < 1.29 is 0 Å². The molecule has 1 heterocycles. The van der Waals surface area contributed by atoms with E-state index in [0.29, 0.717) is 5.88 Å². The smallest absolute Gasteiger partial charge is 0.0931 e. The number of benzene rings is 1. The quantitative estimate of drug-likeness (QED) is 0.811. The zero-order chi connectivity index (χ0) is 10.8. The van der Waals surface area contributed by atoms with Crippen LogP contribution in [-0.4, -0.2) is 34.8 Å². The van der Waals surface area contributed by atoms with Gasteiger partial charge >= 0.3 is 0 Å². The summed E-state index contributed by atoms with van der Waals surface area (Å²) in [4.78, 5) is 9.41. The van der Waals surface area contributed by atoms with Crippen LogP contribution in [0.3, 0.4) is 0 Å². The molecule has 0 radical (unpaired) electrons. The fourth-order valence-electron chi connectivity index (χ4n) is 1.69. The Kier molecular flexibility index (Phi) is 2.93. The molecule has 80 valence electrons. The van der Waals surface area contributed by atoms with Gasteiger partial charge in [0.05, 0.1) is 17.4 Å². The second kappa shape index (κ2) is 4.21. The molecule has 0 aliphatic rings. The van der Waals surface area contributed by atoms with Gasteiger partial charge in [-0.1, -0.05) is 6.07 Å². The zero-order valence-electron chi connectivity index (χ0n) is 8.87. The molecular formula is C11H14ClN3. The van der Waals surface area contributed by atoms with Crippen molar-refractivity contribution in [3.63, 3.8) is 0 Å². The van der Waals surface area contributed by atoms with Gasteiger partial charge in [-0.25, -0.2) is 4.98 Å². The standard InChI is InChI=1S/C11H14ClN3/c1-15(2)11(6-12)8-3-4-9-10(5-8)14-7-13-9/h3-5,7,11H,6H2,1-2H3,(H,13,14). The third kappa shape index (κ3) is 1.98. The number of hydrogen-bond donors (Lipinski definition) is 1. The Morgan fingerprint density at radius 1 is 1.47 bits per heavy atom. The Hall–Kier alpha value is -1.06. The average Bonchev–Trinajstić information content (AvgIpc) is 2.65. The number of H-pyrrole nitrogens is 1. The number of alkyl halides is 1. The number of halogens is 1. The molecule has 0 aliphatic heterocycles. The van der Waals surface area contributed by atoms with Crippen LogP contribution in [-0.2, 0) is 0 Å². The van der Waals surface area contributed by atoms with Crippen LogP contribution in [0.25, 0.3) is 11.0 Å². The van der Waals surface area contributed by atoms with Gasteiger partial charge in [-0.2, -0.15) is 0 Å². The number of fused-ring (bicyclic) bond motifs is 1. The van der Waals surface area contributed by atoms with Gasteiger partial charge < -0.3 is 9.88 Å². The van der Waals surface area contributed by atoms with Crippen molar-refractivity contribution in [3.8, 4) is 0 Å². The predicted molar refractivity (Wildman–Crippen MR) is 63.2 cm³/mol. The van der Waals surface area contributed by atoms with E-state index in [-0.39, 0.29) is 6.04 Å². The minimum atomic E-state index is 0.249. The first-order valence-corrected chi connectivity index (χ1v) is 5.41. The summed E-state index contributed by atoms with van der Waals surface area (Å²) >= 11 is 5.95. The molecule has 1 N–H and O–H groups in total. The summed E-state index contributed by atoms with van der Waals surface area (Å²) in [6.45, 7) is 0. The summed E-state index contributed by atoms with van der Waals surface area (Å²) in [6.07, 6.45) is 1.71. The van der Waals surface area contributed by atoms with Crippen LogP contribution in [0, 0.1) is 0 Å². The third-order valence-corrected chi connectivity index (χ3v) is 2.89.